The molecule has 0 radical (unpaired) electrons. The molecule has 0 bridgehead atoms. The molecule has 0 aromatic carbocycles. The number of carbonyl (C=O) groups excluding carboxylic acids is 1. The Hall–Kier alpha value is -1.66. The lowest BCUT2D eigenvalue weighted by Crippen LogP contribution is -2.16. The molecule has 118 valence electrons. The van der Waals surface area contributed by atoms with E-state index >= 15 is 0 Å². The summed E-state index contributed by atoms with van der Waals surface area (Å²) in [4.78, 5) is 20.9. The van der Waals surface area contributed by atoms with E-state index in [0.717, 1.165) is 38.4 Å². The van der Waals surface area contributed by atoms with E-state index in [-0.39, 0.29) is 23.8 Å². The molecule has 2 aliphatic heterocycles. The number of hydrogen-bond acceptors (Lipinski definition) is 5. The Labute approximate surface area is 124 Å². The number of carbonyl (C=O) groups is 2. The van der Waals surface area contributed by atoms with Crippen molar-refractivity contribution in [2.75, 3.05) is 19.8 Å². The van der Waals surface area contributed by atoms with Crippen LogP contribution in [0.25, 0.3) is 0 Å². The van der Waals surface area contributed by atoms with Gasteiger partial charge >= 0.3 is 11.9 Å². The molecule has 0 saturated carbocycles. The second-order valence-electron chi connectivity index (χ2n) is 4.80. The summed E-state index contributed by atoms with van der Waals surface area (Å²) >= 11 is 0. The van der Waals surface area contributed by atoms with Gasteiger partial charge in [-0.2, -0.15) is 0 Å². The van der Waals surface area contributed by atoms with Crippen LogP contribution in [0.3, 0.4) is 0 Å². The highest BCUT2D eigenvalue weighted by atomic mass is 16.6. The van der Waals surface area contributed by atoms with Crippen molar-refractivity contribution in [1.29, 1.82) is 0 Å². The number of ether oxygens (including phenoxy) is 3. The third kappa shape index (κ3) is 6.55. The van der Waals surface area contributed by atoms with Gasteiger partial charge < -0.3 is 19.3 Å². The number of aliphatic carboxylic acids is 1. The molecule has 2 fully saturated rings. The van der Waals surface area contributed by atoms with Crippen molar-refractivity contribution >= 4 is 11.9 Å². The molecule has 21 heavy (non-hydrogen) atoms. The molecule has 0 aromatic heterocycles. The third-order valence-corrected chi connectivity index (χ3v) is 3.20. The first-order chi connectivity index (χ1) is 10.0. The maximum Gasteiger partial charge on any atom is 0.333 e. The first kappa shape index (κ1) is 17.4. The minimum atomic E-state index is -0.952. The van der Waals surface area contributed by atoms with E-state index in [1.54, 1.807) is 0 Å². The summed E-state index contributed by atoms with van der Waals surface area (Å²) in [6.45, 7) is 8.52. The molecule has 0 aromatic rings. The molecule has 2 atom stereocenters. The topological polar surface area (TPSA) is 82.1 Å². The molecule has 0 spiro atoms. The summed E-state index contributed by atoms with van der Waals surface area (Å²) in [5.41, 5.74) is 0.178. The van der Waals surface area contributed by atoms with E-state index in [4.69, 9.17) is 19.3 Å². The van der Waals surface area contributed by atoms with Crippen LogP contribution in [0.15, 0.2) is 24.8 Å². The van der Waals surface area contributed by atoms with E-state index < -0.39 is 5.97 Å². The smallest absolute Gasteiger partial charge is 0.333 e. The normalized spacial score (nSPS) is 23.8. The lowest BCUT2D eigenvalue weighted by molar-refractivity contribution is -0.141. The van der Waals surface area contributed by atoms with Crippen LogP contribution in [0.1, 0.15) is 25.7 Å². The van der Waals surface area contributed by atoms with Gasteiger partial charge in [0, 0.05) is 19.3 Å². The standard InChI is InChI=1S/C8H12O3.C7H10O3/c1-2-8(9)11-6-7-4-3-5-10-7;1-5(7(8)9)6-3-2-4-10-6/h2,7H,1,3-6H2;6H,1-4H2,(H,8,9). The first-order valence-corrected chi connectivity index (χ1v) is 6.99. The molecule has 6 heteroatoms. The van der Waals surface area contributed by atoms with Gasteiger partial charge in [-0.3, -0.25) is 0 Å². The molecule has 2 unspecified atom stereocenters. The fourth-order valence-corrected chi connectivity index (χ4v) is 2.00. The van der Waals surface area contributed by atoms with Crippen LogP contribution < -0.4 is 0 Å². The van der Waals surface area contributed by atoms with Gasteiger partial charge in [0.2, 0.25) is 0 Å². The molecule has 2 aliphatic rings. The van der Waals surface area contributed by atoms with Crippen LogP contribution in [-0.2, 0) is 23.8 Å². The molecule has 0 aliphatic carbocycles. The highest BCUT2D eigenvalue weighted by molar-refractivity contribution is 5.87. The highest BCUT2D eigenvalue weighted by Gasteiger charge is 2.22. The van der Waals surface area contributed by atoms with Crippen molar-refractivity contribution in [1.82, 2.24) is 0 Å². The third-order valence-electron chi connectivity index (χ3n) is 3.20. The lowest BCUT2D eigenvalue weighted by Gasteiger charge is -2.07. The summed E-state index contributed by atoms with van der Waals surface area (Å²) in [6, 6.07) is 0. The largest absolute Gasteiger partial charge is 0.478 e. The molecule has 2 rings (SSSR count). The van der Waals surface area contributed by atoms with Crippen molar-refractivity contribution in [3.05, 3.63) is 24.8 Å². The van der Waals surface area contributed by atoms with Gasteiger partial charge in [0.15, 0.2) is 0 Å². The summed E-state index contributed by atoms with van der Waals surface area (Å²) in [7, 11) is 0. The van der Waals surface area contributed by atoms with E-state index in [2.05, 4.69) is 13.2 Å². The van der Waals surface area contributed by atoms with Crippen molar-refractivity contribution in [2.24, 2.45) is 0 Å². The molecule has 0 amide bonds. The predicted octanol–water partition coefficient (Wildman–Crippen LogP) is 1.70. The predicted molar refractivity (Wildman–Crippen MR) is 75.9 cm³/mol. The van der Waals surface area contributed by atoms with Crippen LogP contribution in [0, 0.1) is 0 Å². The first-order valence-electron chi connectivity index (χ1n) is 6.99. The van der Waals surface area contributed by atoms with Gasteiger partial charge in [-0.1, -0.05) is 13.2 Å². The van der Waals surface area contributed by atoms with E-state index in [9.17, 15) is 9.59 Å². The fourth-order valence-electron chi connectivity index (χ4n) is 2.00. The number of esters is 1. The summed E-state index contributed by atoms with van der Waals surface area (Å²) in [5, 5.41) is 8.46. The Bertz CT molecular complexity index is 378. The second-order valence-corrected chi connectivity index (χ2v) is 4.80. The van der Waals surface area contributed by atoms with Gasteiger partial charge in [-0.25, -0.2) is 9.59 Å². The number of carboxylic acid groups (broad SMARTS) is 1. The van der Waals surface area contributed by atoms with E-state index in [1.165, 1.54) is 0 Å². The second kappa shape index (κ2) is 9.31. The van der Waals surface area contributed by atoms with E-state index in [1.807, 2.05) is 0 Å². The number of carboxylic acids is 1. The van der Waals surface area contributed by atoms with Crippen LogP contribution in [0.4, 0.5) is 0 Å². The lowest BCUT2D eigenvalue weighted by atomic mass is 10.1. The fraction of sp³-hybridized carbons (Fsp3) is 0.600. The van der Waals surface area contributed by atoms with Gasteiger partial charge in [-0.05, 0) is 25.7 Å². The number of hydrogen-bond donors (Lipinski definition) is 1. The molecule has 2 heterocycles. The van der Waals surface area contributed by atoms with Gasteiger partial charge in [0.1, 0.15) is 6.61 Å². The molecular formula is C15H22O6. The molecular weight excluding hydrogens is 276 g/mol. The average Bonchev–Trinajstić information content (AvgIpc) is 3.17. The quantitative estimate of drug-likeness (QED) is 0.614. The zero-order chi connectivity index (χ0) is 15.7. The average molecular weight is 298 g/mol. The SMILES string of the molecule is C=C(C(=O)O)C1CCCO1.C=CC(=O)OCC1CCCO1. The molecule has 1 N–H and O–H groups in total. The summed E-state index contributed by atoms with van der Waals surface area (Å²) in [6.07, 6.45) is 4.83. The van der Waals surface area contributed by atoms with Crippen LogP contribution in [0.5, 0.6) is 0 Å². The minimum Gasteiger partial charge on any atom is -0.478 e. The van der Waals surface area contributed by atoms with Crippen LogP contribution >= 0.6 is 0 Å². The number of rotatable bonds is 5. The Morgan fingerprint density at radius 2 is 1.90 bits per heavy atom. The summed E-state index contributed by atoms with van der Waals surface area (Å²) in [5.74, 6) is -1.33. The van der Waals surface area contributed by atoms with Crippen LogP contribution in [0.2, 0.25) is 0 Å². The molecule has 2 saturated heterocycles. The Morgan fingerprint density at radius 1 is 1.24 bits per heavy atom. The van der Waals surface area contributed by atoms with Gasteiger partial charge in [-0.15, -0.1) is 0 Å². The van der Waals surface area contributed by atoms with Crippen molar-refractivity contribution < 1.29 is 28.9 Å². The Balaban J connectivity index is 0.000000211. The van der Waals surface area contributed by atoms with Crippen LogP contribution in [-0.4, -0.2) is 49.1 Å². The van der Waals surface area contributed by atoms with E-state index in [0.29, 0.717) is 13.2 Å². The maximum absolute atomic E-state index is 10.6. The Morgan fingerprint density at radius 3 is 2.38 bits per heavy atom. The van der Waals surface area contributed by atoms with Crippen molar-refractivity contribution in [3.8, 4) is 0 Å². The van der Waals surface area contributed by atoms with Gasteiger partial charge in [0.05, 0.1) is 17.8 Å². The van der Waals surface area contributed by atoms with Crippen molar-refractivity contribution in [3.63, 3.8) is 0 Å². The Kier molecular flexibility index (Phi) is 7.71. The molecule has 6 nitrogen and oxygen atoms in total. The van der Waals surface area contributed by atoms with Gasteiger partial charge in [0.25, 0.3) is 0 Å². The minimum absolute atomic E-state index is 0.110. The zero-order valence-corrected chi connectivity index (χ0v) is 12.1. The zero-order valence-electron chi connectivity index (χ0n) is 12.1. The highest BCUT2D eigenvalue weighted by Crippen LogP contribution is 2.18. The summed E-state index contributed by atoms with van der Waals surface area (Å²) < 4.78 is 15.1. The van der Waals surface area contributed by atoms with Crippen molar-refractivity contribution in [2.45, 2.75) is 37.9 Å². The monoisotopic (exact) mass is 298 g/mol. The maximum atomic E-state index is 10.6.